The quantitative estimate of drug-likeness (QED) is 0.604. The molecular weight excluding hydrogens is 372 g/mol. The number of benzene rings is 2. The summed E-state index contributed by atoms with van der Waals surface area (Å²) >= 11 is 0. The van der Waals surface area contributed by atoms with E-state index in [1.807, 2.05) is 52.0 Å². The summed E-state index contributed by atoms with van der Waals surface area (Å²) in [7, 11) is 0. The van der Waals surface area contributed by atoms with Gasteiger partial charge in [0.05, 0.1) is 0 Å². The molecule has 0 aromatic heterocycles. The highest BCUT2D eigenvalue weighted by molar-refractivity contribution is 5.88. The van der Waals surface area contributed by atoms with E-state index >= 15 is 0 Å². The van der Waals surface area contributed by atoms with Crippen LogP contribution in [0.25, 0.3) is 0 Å². The highest BCUT2D eigenvalue weighted by atomic mass is 16.2. The van der Waals surface area contributed by atoms with Crippen LogP contribution >= 0.6 is 0 Å². The summed E-state index contributed by atoms with van der Waals surface area (Å²) in [6.07, 6.45) is 2.51. The molecule has 0 fully saturated rings. The molecule has 0 unspecified atom stereocenters. The van der Waals surface area contributed by atoms with Crippen LogP contribution in [-0.4, -0.2) is 28.8 Å². The third kappa shape index (κ3) is 6.72. The van der Waals surface area contributed by atoms with Crippen LogP contribution in [0, 0.1) is 13.8 Å². The molecule has 0 saturated heterocycles. The molecule has 0 radical (unpaired) electrons. The molecule has 2 rings (SSSR count). The third-order valence-corrected chi connectivity index (χ3v) is 5.74. The molecule has 30 heavy (non-hydrogen) atoms. The summed E-state index contributed by atoms with van der Waals surface area (Å²) in [5.41, 5.74) is 4.56. The van der Waals surface area contributed by atoms with Crippen LogP contribution in [0.15, 0.2) is 48.5 Å². The Morgan fingerprint density at radius 3 is 2.23 bits per heavy atom. The summed E-state index contributed by atoms with van der Waals surface area (Å²) in [6, 6.07) is 16.0. The average molecular weight is 409 g/mol. The van der Waals surface area contributed by atoms with Crippen molar-refractivity contribution in [2.45, 2.75) is 78.9 Å². The number of carbonyl (C=O) groups excluding carboxylic acids is 2. The minimum Gasteiger partial charge on any atom is -0.352 e. The fraction of sp³-hybridized carbons (Fsp3) is 0.462. The number of carbonyl (C=O) groups is 2. The number of hydrogen-bond acceptors (Lipinski definition) is 2. The Hall–Kier alpha value is -2.62. The van der Waals surface area contributed by atoms with E-state index in [-0.39, 0.29) is 17.9 Å². The Labute approximate surface area is 181 Å². The first-order chi connectivity index (χ1) is 14.3. The summed E-state index contributed by atoms with van der Waals surface area (Å²) in [5.74, 6) is -0.0471. The van der Waals surface area contributed by atoms with Gasteiger partial charge in [-0.3, -0.25) is 9.59 Å². The second kappa shape index (κ2) is 11.5. The third-order valence-electron chi connectivity index (χ3n) is 5.74. The molecule has 0 heterocycles. The highest BCUT2D eigenvalue weighted by Gasteiger charge is 2.29. The highest BCUT2D eigenvalue weighted by Crippen LogP contribution is 2.18. The molecule has 0 bridgehead atoms. The molecule has 0 aliphatic heterocycles. The van der Waals surface area contributed by atoms with Gasteiger partial charge in [0.2, 0.25) is 11.8 Å². The minimum absolute atomic E-state index is 0.0185. The average Bonchev–Trinajstić information content (AvgIpc) is 2.74. The number of hydrogen-bond donors (Lipinski definition) is 1. The lowest BCUT2D eigenvalue weighted by molar-refractivity contribution is -0.141. The zero-order valence-corrected chi connectivity index (χ0v) is 19.1. The lowest BCUT2D eigenvalue weighted by Crippen LogP contribution is -2.50. The van der Waals surface area contributed by atoms with E-state index < -0.39 is 6.04 Å². The zero-order valence-electron chi connectivity index (χ0n) is 19.1. The number of amides is 2. The van der Waals surface area contributed by atoms with Crippen LogP contribution in [0.3, 0.4) is 0 Å². The van der Waals surface area contributed by atoms with Crippen LogP contribution in [0.4, 0.5) is 0 Å². The van der Waals surface area contributed by atoms with Crippen LogP contribution in [0.2, 0.25) is 0 Å². The summed E-state index contributed by atoms with van der Waals surface area (Å²) in [5, 5.41) is 3.06. The van der Waals surface area contributed by atoms with Crippen molar-refractivity contribution >= 4 is 11.8 Å². The SMILES string of the molecule is CC[C@@H](C)NC(=O)[C@H](CC)N(Cc1ccccc1C)C(=O)CCc1ccc(C)cc1. The van der Waals surface area contributed by atoms with Gasteiger partial charge in [-0.05, 0) is 56.7 Å². The molecule has 2 aromatic carbocycles. The van der Waals surface area contributed by atoms with Crippen LogP contribution in [0.5, 0.6) is 0 Å². The van der Waals surface area contributed by atoms with E-state index in [0.29, 0.717) is 25.8 Å². The van der Waals surface area contributed by atoms with Crippen molar-refractivity contribution in [3.8, 4) is 0 Å². The van der Waals surface area contributed by atoms with Crippen molar-refractivity contribution in [3.05, 3.63) is 70.8 Å². The van der Waals surface area contributed by atoms with E-state index in [4.69, 9.17) is 0 Å². The zero-order chi connectivity index (χ0) is 22.1. The van der Waals surface area contributed by atoms with Crippen molar-refractivity contribution in [3.63, 3.8) is 0 Å². The summed E-state index contributed by atoms with van der Waals surface area (Å²) in [4.78, 5) is 28.0. The van der Waals surface area contributed by atoms with E-state index in [0.717, 1.165) is 23.1 Å². The normalized spacial score (nSPS) is 12.8. The number of aryl methyl sites for hydroxylation is 3. The first-order valence-corrected chi connectivity index (χ1v) is 11.1. The predicted octanol–water partition coefficient (Wildman–Crippen LogP) is 4.96. The predicted molar refractivity (Wildman–Crippen MR) is 123 cm³/mol. The van der Waals surface area contributed by atoms with Crippen LogP contribution in [0.1, 0.15) is 62.3 Å². The second-order valence-electron chi connectivity index (χ2n) is 8.18. The number of rotatable bonds is 10. The molecule has 0 aliphatic carbocycles. The van der Waals surface area contributed by atoms with Crippen LogP contribution in [-0.2, 0) is 22.6 Å². The Balaban J connectivity index is 2.21. The van der Waals surface area contributed by atoms with E-state index in [1.54, 1.807) is 4.90 Å². The van der Waals surface area contributed by atoms with Gasteiger partial charge in [0.25, 0.3) is 0 Å². The van der Waals surface area contributed by atoms with Gasteiger partial charge < -0.3 is 10.2 Å². The Morgan fingerprint density at radius 1 is 0.967 bits per heavy atom. The van der Waals surface area contributed by atoms with E-state index in [9.17, 15) is 9.59 Å². The molecule has 0 saturated carbocycles. The first kappa shape index (κ1) is 23.7. The lowest BCUT2D eigenvalue weighted by Gasteiger charge is -2.32. The number of nitrogens with one attached hydrogen (secondary N) is 1. The lowest BCUT2D eigenvalue weighted by atomic mass is 10.0. The molecule has 162 valence electrons. The van der Waals surface area contributed by atoms with E-state index in [2.05, 4.69) is 36.5 Å². The molecule has 0 spiro atoms. The van der Waals surface area contributed by atoms with Crippen molar-refractivity contribution < 1.29 is 9.59 Å². The second-order valence-corrected chi connectivity index (χ2v) is 8.18. The van der Waals surface area contributed by atoms with E-state index in [1.165, 1.54) is 5.56 Å². The van der Waals surface area contributed by atoms with Crippen molar-refractivity contribution in [2.75, 3.05) is 0 Å². The maximum atomic E-state index is 13.3. The Morgan fingerprint density at radius 2 is 1.63 bits per heavy atom. The van der Waals surface area contributed by atoms with Crippen molar-refractivity contribution in [2.24, 2.45) is 0 Å². The molecule has 0 aliphatic rings. The smallest absolute Gasteiger partial charge is 0.243 e. The summed E-state index contributed by atoms with van der Waals surface area (Å²) in [6.45, 7) is 10.6. The largest absolute Gasteiger partial charge is 0.352 e. The Bertz CT molecular complexity index is 829. The maximum Gasteiger partial charge on any atom is 0.243 e. The first-order valence-electron chi connectivity index (χ1n) is 11.1. The topological polar surface area (TPSA) is 49.4 Å². The number of nitrogens with zero attached hydrogens (tertiary/aromatic N) is 1. The fourth-order valence-corrected chi connectivity index (χ4v) is 3.48. The summed E-state index contributed by atoms with van der Waals surface area (Å²) < 4.78 is 0. The maximum absolute atomic E-state index is 13.3. The van der Waals surface area contributed by atoms with Gasteiger partial charge in [-0.2, -0.15) is 0 Å². The molecule has 1 N–H and O–H groups in total. The van der Waals surface area contributed by atoms with Gasteiger partial charge in [-0.25, -0.2) is 0 Å². The van der Waals surface area contributed by atoms with Gasteiger partial charge in [-0.1, -0.05) is 67.9 Å². The molecule has 2 amide bonds. The molecule has 4 nitrogen and oxygen atoms in total. The molecular formula is C26H36N2O2. The van der Waals surface area contributed by atoms with Gasteiger partial charge in [0.1, 0.15) is 6.04 Å². The van der Waals surface area contributed by atoms with Gasteiger partial charge >= 0.3 is 0 Å². The standard InChI is InChI=1S/C26H36N2O2/c1-6-21(5)27-26(30)24(7-2)28(18-23-11-9-8-10-20(23)4)25(29)17-16-22-14-12-19(3)13-15-22/h8-15,21,24H,6-7,16-18H2,1-5H3,(H,27,30)/t21-,24+/m1/s1. The Kier molecular flexibility index (Phi) is 9.10. The minimum atomic E-state index is -0.468. The van der Waals surface area contributed by atoms with Gasteiger partial charge in [-0.15, -0.1) is 0 Å². The van der Waals surface area contributed by atoms with Crippen molar-refractivity contribution in [1.29, 1.82) is 0 Å². The van der Waals surface area contributed by atoms with Crippen molar-refractivity contribution in [1.82, 2.24) is 10.2 Å². The van der Waals surface area contributed by atoms with Gasteiger partial charge in [0.15, 0.2) is 0 Å². The molecule has 2 aromatic rings. The monoisotopic (exact) mass is 408 g/mol. The van der Waals surface area contributed by atoms with Gasteiger partial charge in [0, 0.05) is 19.0 Å². The van der Waals surface area contributed by atoms with Crippen LogP contribution < -0.4 is 5.32 Å². The molecule has 2 atom stereocenters. The molecule has 4 heteroatoms. The fourth-order valence-electron chi connectivity index (χ4n) is 3.48.